The number of para-hydroxylation sites is 3. The van der Waals surface area contributed by atoms with E-state index in [0.717, 1.165) is 44.1 Å². The van der Waals surface area contributed by atoms with Crippen LogP contribution in [0, 0.1) is 5.82 Å². The van der Waals surface area contributed by atoms with Gasteiger partial charge in [0.05, 0.1) is 11.4 Å². The van der Waals surface area contributed by atoms with Gasteiger partial charge in [0.2, 0.25) is 0 Å². The molecule has 3 aromatic rings. The zero-order valence-electron chi connectivity index (χ0n) is 17.5. The summed E-state index contributed by atoms with van der Waals surface area (Å²) in [4.78, 5) is 17.5. The number of anilines is 2. The summed E-state index contributed by atoms with van der Waals surface area (Å²) in [6, 6.07) is 17.2. The monoisotopic (exact) mass is 423 g/mol. The Morgan fingerprint density at radius 2 is 1.77 bits per heavy atom. The lowest BCUT2D eigenvalue weighted by atomic mass is 10.2. The maximum Gasteiger partial charge on any atom is 0.291 e. The van der Waals surface area contributed by atoms with E-state index in [1.807, 2.05) is 24.3 Å². The first-order chi connectivity index (χ1) is 15.1. The van der Waals surface area contributed by atoms with E-state index >= 15 is 0 Å². The summed E-state index contributed by atoms with van der Waals surface area (Å²) >= 11 is 0. The molecule has 0 unspecified atom stereocenters. The Labute approximate surface area is 181 Å². The summed E-state index contributed by atoms with van der Waals surface area (Å²) in [6.07, 6.45) is 0. The van der Waals surface area contributed by atoms with Crippen LogP contribution >= 0.6 is 0 Å². The van der Waals surface area contributed by atoms with Gasteiger partial charge < -0.3 is 24.3 Å². The number of hydrogen-bond acceptors (Lipinski definition) is 5. The van der Waals surface area contributed by atoms with Gasteiger partial charge in [0.15, 0.2) is 17.3 Å². The Bertz CT molecular complexity index is 1030. The lowest BCUT2D eigenvalue weighted by Gasteiger charge is -2.36. The fourth-order valence-corrected chi connectivity index (χ4v) is 3.63. The zero-order chi connectivity index (χ0) is 21.6. The van der Waals surface area contributed by atoms with Crippen LogP contribution in [0.3, 0.4) is 0 Å². The third-order valence-electron chi connectivity index (χ3n) is 5.40. The molecule has 1 saturated heterocycles. The van der Waals surface area contributed by atoms with Crippen molar-refractivity contribution in [2.75, 3.05) is 42.9 Å². The number of furan rings is 1. The van der Waals surface area contributed by atoms with E-state index in [1.54, 1.807) is 30.3 Å². The van der Waals surface area contributed by atoms with Crippen molar-refractivity contribution in [1.82, 2.24) is 4.90 Å². The van der Waals surface area contributed by atoms with E-state index in [4.69, 9.17) is 9.15 Å². The number of piperazine rings is 1. The number of carbonyl (C=O) groups is 1. The number of benzene rings is 2. The van der Waals surface area contributed by atoms with Crippen LogP contribution in [0.2, 0.25) is 0 Å². The van der Waals surface area contributed by atoms with E-state index in [1.165, 1.54) is 6.07 Å². The normalized spacial score (nSPS) is 14.5. The van der Waals surface area contributed by atoms with Crippen molar-refractivity contribution in [2.24, 2.45) is 0 Å². The van der Waals surface area contributed by atoms with Crippen LogP contribution in [0.1, 0.15) is 23.2 Å². The molecule has 0 atom stereocenters. The molecule has 1 aliphatic heterocycles. The second-order valence-corrected chi connectivity index (χ2v) is 7.38. The Kier molecular flexibility index (Phi) is 6.52. The van der Waals surface area contributed by atoms with Crippen molar-refractivity contribution < 1.29 is 18.3 Å². The van der Waals surface area contributed by atoms with Gasteiger partial charge >= 0.3 is 0 Å². The minimum Gasteiger partial charge on any atom is -0.483 e. The van der Waals surface area contributed by atoms with Gasteiger partial charge in [0.1, 0.15) is 12.4 Å². The summed E-state index contributed by atoms with van der Waals surface area (Å²) in [6.45, 7) is 7.09. The molecule has 0 spiro atoms. The minimum atomic E-state index is -0.441. The number of halogens is 1. The Balaban J connectivity index is 1.40. The molecule has 1 aromatic heterocycles. The molecule has 2 heterocycles. The smallest absolute Gasteiger partial charge is 0.291 e. The predicted molar refractivity (Wildman–Crippen MR) is 118 cm³/mol. The first kappa shape index (κ1) is 20.9. The van der Waals surface area contributed by atoms with Crippen molar-refractivity contribution in [1.29, 1.82) is 0 Å². The van der Waals surface area contributed by atoms with E-state index in [2.05, 4.69) is 22.0 Å². The number of carbonyl (C=O) groups excluding carboxylic acids is 1. The van der Waals surface area contributed by atoms with Crippen LogP contribution < -0.4 is 15.0 Å². The molecule has 0 bridgehead atoms. The van der Waals surface area contributed by atoms with Crippen molar-refractivity contribution in [3.05, 3.63) is 78.0 Å². The number of amides is 1. The van der Waals surface area contributed by atoms with Crippen LogP contribution in [0.15, 0.2) is 65.1 Å². The van der Waals surface area contributed by atoms with Crippen molar-refractivity contribution >= 4 is 17.3 Å². The summed E-state index contributed by atoms with van der Waals surface area (Å²) in [7, 11) is 0. The van der Waals surface area contributed by atoms with E-state index in [-0.39, 0.29) is 24.0 Å². The molecule has 2 aromatic carbocycles. The molecule has 4 rings (SSSR count). The van der Waals surface area contributed by atoms with E-state index < -0.39 is 5.82 Å². The summed E-state index contributed by atoms with van der Waals surface area (Å²) in [5, 5.41) is 2.96. The summed E-state index contributed by atoms with van der Waals surface area (Å²) < 4.78 is 24.7. The molecular formula is C24H26FN3O3. The lowest BCUT2D eigenvalue weighted by molar-refractivity contribution is 0.0992. The summed E-state index contributed by atoms with van der Waals surface area (Å²) in [5.74, 6) is -0.0164. The topological polar surface area (TPSA) is 58.0 Å². The highest BCUT2D eigenvalue weighted by atomic mass is 19.1. The Hall–Kier alpha value is -3.32. The molecule has 0 radical (unpaired) electrons. The average molecular weight is 423 g/mol. The number of nitrogens with one attached hydrogen (secondary N) is 1. The maximum absolute atomic E-state index is 13.7. The third kappa shape index (κ3) is 5.06. The van der Waals surface area contributed by atoms with Gasteiger partial charge in [-0.3, -0.25) is 4.79 Å². The quantitative estimate of drug-likeness (QED) is 0.611. The molecule has 1 fully saturated rings. The predicted octanol–water partition coefficient (Wildman–Crippen LogP) is 4.39. The zero-order valence-corrected chi connectivity index (χ0v) is 17.5. The van der Waals surface area contributed by atoms with E-state index in [9.17, 15) is 9.18 Å². The fraction of sp³-hybridized carbons (Fsp3) is 0.292. The highest BCUT2D eigenvalue weighted by molar-refractivity contribution is 6.04. The molecule has 1 amide bonds. The Morgan fingerprint density at radius 3 is 2.55 bits per heavy atom. The molecule has 7 heteroatoms. The first-order valence-electron chi connectivity index (χ1n) is 10.5. The minimum absolute atomic E-state index is 0.0342. The van der Waals surface area contributed by atoms with Crippen LogP contribution in [0.5, 0.6) is 5.75 Å². The largest absolute Gasteiger partial charge is 0.483 e. The van der Waals surface area contributed by atoms with Crippen molar-refractivity contribution in [3.8, 4) is 5.75 Å². The molecule has 31 heavy (non-hydrogen) atoms. The van der Waals surface area contributed by atoms with Crippen LogP contribution in [0.25, 0.3) is 0 Å². The number of nitrogens with zero attached hydrogens (tertiary/aromatic N) is 2. The van der Waals surface area contributed by atoms with Gasteiger partial charge in [0.25, 0.3) is 5.91 Å². The lowest BCUT2D eigenvalue weighted by Crippen LogP contribution is -2.46. The molecule has 1 aliphatic rings. The van der Waals surface area contributed by atoms with Gasteiger partial charge in [-0.15, -0.1) is 0 Å². The highest BCUT2D eigenvalue weighted by Gasteiger charge is 2.20. The molecule has 6 nitrogen and oxygen atoms in total. The van der Waals surface area contributed by atoms with Crippen molar-refractivity contribution in [3.63, 3.8) is 0 Å². The number of rotatable bonds is 7. The van der Waals surface area contributed by atoms with Gasteiger partial charge in [-0.2, -0.15) is 0 Å². The molecule has 1 N–H and O–H groups in total. The average Bonchev–Trinajstić information content (AvgIpc) is 3.28. The fourth-order valence-electron chi connectivity index (χ4n) is 3.63. The number of likely N-dealkylation sites (N-methyl/N-ethyl adjacent to an activating group) is 1. The number of ether oxygens (including phenoxy) is 1. The maximum atomic E-state index is 13.7. The molecule has 0 saturated carbocycles. The van der Waals surface area contributed by atoms with Crippen molar-refractivity contribution in [2.45, 2.75) is 13.5 Å². The van der Waals surface area contributed by atoms with Gasteiger partial charge in [-0.05, 0) is 42.9 Å². The standard InChI is InChI=1S/C24H26FN3O3/c1-2-27-13-15-28(16-14-27)21-9-5-4-8-20(21)26-24(29)23-12-11-18(31-23)17-30-22-10-6-3-7-19(22)25/h3-12H,2,13-17H2,1H3,(H,26,29). The van der Waals surface area contributed by atoms with Crippen LogP contribution in [-0.2, 0) is 6.61 Å². The van der Waals surface area contributed by atoms with Crippen LogP contribution in [0.4, 0.5) is 15.8 Å². The SMILES string of the molecule is CCN1CCN(c2ccccc2NC(=O)c2ccc(COc3ccccc3F)o2)CC1. The van der Waals surface area contributed by atoms with Gasteiger partial charge in [-0.1, -0.05) is 31.2 Å². The van der Waals surface area contributed by atoms with E-state index in [0.29, 0.717) is 5.76 Å². The van der Waals surface area contributed by atoms with Crippen LogP contribution in [-0.4, -0.2) is 43.5 Å². The second kappa shape index (κ2) is 9.66. The summed E-state index contributed by atoms with van der Waals surface area (Å²) in [5.41, 5.74) is 1.75. The van der Waals surface area contributed by atoms with Gasteiger partial charge in [0, 0.05) is 26.2 Å². The van der Waals surface area contributed by atoms with Gasteiger partial charge in [-0.25, -0.2) is 4.39 Å². The molecule has 0 aliphatic carbocycles. The molecular weight excluding hydrogens is 397 g/mol. The third-order valence-corrected chi connectivity index (χ3v) is 5.40. The first-order valence-corrected chi connectivity index (χ1v) is 10.5. The highest BCUT2D eigenvalue weighted by Crippen LogP contribution is 2.27. The number of hydrogen-bond donors (Lipinski definition) is 1. The molecule has 162 valence electrons. The Morgan fingerprint density at radius 1 is 1.03 bits per heavy atom. The second-order valence-electron chi connectivity index (χ2n) is 7.38.